The quantitative estimate of drug-likeness (QED) is 0.763. The average molecular weight is 303 g/mol. The highest BCUT2D eigenvalue weighted by Crippen LogP contribution is 2.12. The van der Waals surface area contributed by atoms with E-state index in [0.717, 1.165) is 10.1 Å². The molecule has 22 heavy (non-hydrogen) atoms. The Morgan fingerprint density at radius 2 is 1.95 bits per heavy atom. The molecule has 2 bridgehead atoms. The fraction of sp³-hybridized carbons (Fsp3) is 0.143. The second kappa shape index (κ2) is 6.53. The minimum absolute atomic E-state index is 0.0849. The van der Waals surface area contributed by atoms with Gasteiger partial charge in [0.1, 0.15) is 19.0 Å². The number of nitrogen functional groups attached to an aromatic ring is 1. The number of carbonyl (C=O) groups is 2. The summed E-state index contributed by atoms with van der Waals surface area (Å²) in [5.41, 5.74) is 6.22. The summed E-state index contributed by atoms with van der Waals surface area (Å²) in [6, 6.07) is 8.74. The summed E-state index contributed by atoms with van der Waals surface area (Å²) in [5, 5.41) is 8.34. The van der Waals surface area contributed by atoms with Crippen molar-refractivity contribution in [2.75, 3.05) is 5.73 Å². The molecule has 1 aromatic carbocycles. The number of benzene rings is 1. The van der Waals surface area contributed by atoms with Crippen molar-refractivity contribution in [3.05, 3.63) is 58.1 Å². The average Bonchev–Trinajstić information content (AvgIpc) is 2.76. The van der Waals surface area contributed by atoms with Crippen LogP contribution in [0.3, 0.4) is 0 Å². The smallest absolute Gasteiger partial charge is 0.350 e. The lowest BCUT2D eigenvalue weighted by Crippen LogP contribution is -2.26. The second-order valence-corrected chi connectivity index (χ2v) is 4.43. The third-order valence-electron chi connectivity index (χ3n) is 2.76. The SMILES string of the molecule is Nc1ccn(CC(=O)O)c(=O)n1.O=C1OCc2ccc1cc2. The highest BCUT2D eigenvalue weighted by Gasteiger charge is 2.10. The first kappa shape index (κ1) is 15.2. The highest BCUT2D eigenvalue weighted by molar-refractivity contribution is 5.89. The van der Waals surface area contributed by atoms with Crippen LogP contribution >= 0.6 is 0 Å². The minimum Gasteiger partial charge on any atom is -0.480 e. The first-order valence-corrected chi connectivity index (χ1v) is 6.26. The number of carboxylic acids is 1. The predicted molar refractivity (Wildman–Crippen MR) is 76.1 cm³/mol. The topological polar surface area (TPSA) is 125 Å². The molecule has 114 valence electrons. The van der Waals surface area contributed by atoms with Crippen molar-refractivity contribution in [2.45, 2.75) is 13.2 Å². The third-order valence-corrected chi connectivity index (χ3v) is 2.76. The number of fused-ring (bicyclic) bond motifs is 4. The fourth-order valence-corrected chi connectivity index (χ4v) is 1.68. The largest absolute Gasteiger partial charge is 0.480 e. The summed E-state index contributed by atoms with van der Waals surface area (Å²) in [6.07, 6.45) is 1.29. The molecule has 2 aromatic rings. The molecule has 2 aliphatic heterocycles. The van der Waals surface area contributed by atoms with E-state index >= 15 is 0 Å². The molecule has 1 aromatic heterocycles. The summed E-state index contributed by atoms with van der Waals surface area (Å²) in [7, 11) is 0. The molecule has 8 heteroatoms. The van der Waals surface area contributed by atoms with Crippen LogP contribution in [-0.2, 0) is 22.7 Å². The predicted octanol–water partition coefficient (Wildman–Crippen LogP) is 0.267. The second-order valence-electron chi connectivity index (χ2n) is 4.43. The molecule has 0 spiro atoms. The van der Waals surface area contributed by atoms with E-state index in [1.165, 1.54) is 12.3 Å². The lowest BCUT2D eigenvalue weighted by molar-refractivity contribution is -0.137. The number of hydrogen-bond acceptors (Lipinski definition) is 6. The van der Waals surface area contributed by atoms with Crippen LogP contribution in [-0.4, -0.2) is 26.6 Å². The van der Waals surface area contributed by atoms with E-state index < -0.39 is 18.2 Å². The number of nitrogens with zero attached hydrogens (tertiary/aromatic N) is 2. The van der Waals surface area contributed by atoms with Gasteiger partial charge in [0.15, 0.2) is 0 Å². The number of aliphatic carboxylic acids is 1. The van der Waals surface area contributed by atoms with E-state index in [9.17, 15) is 14.4 Å². The molecule has 0 atom stereocenters. The molecular weight excluding hydrogens is 290 g/mol. The summed E-state index contributed by atoms with van der Waals surface area (Å²) in [5.74, 6) is -1.23. The first-order valence-electron chi connectivity index (χ1n) is 6.26. The third kappa shape index (κ3) is 3.92. The zero-order valence-electron chi connectivity index (χ0n) is 11.4. The van der Waals surface area contributed by atoms with Gasteiger partial charge in [0.05, 0.1) is 5.56 Å². The number of rotatable bonds is 2. The maximum absolute atomic E-state index is 10.9. The molecule has 0 fully saturated rings. The van der Waals surface area contributed by atoms with Crippen molar-refractivity contribution >= 4 is 17.8 Å². The van der Waals surface area contributed by atoms with Gasteiger partial charge < -0.3 is 15.6 Å². The Hall–Kier alpha value is -3.16. The lowest BCUT2D eigenvalue weighted by Gasteiger charge is -1.99. The Balaban J connectivity index is 0.000000162. The van der Waals surface area contributed by atoms with Gasteiger partial charge in [-0.05, 0) is 23.8 Å². The van der Waals surface area contributed by atoms with E-state index in [0.29, 0.717) is 12.2 Å². The van der Waals surface area contributed by atoms with E-state index in [2.05, 4.69) is 4.98 Å². The number of ether oxygens (including phenoxy) is 1. The zero-order chi connectivity index (χ0) is 16.1. The van der Waals surface area contributed by atoms with Crippen LogP contribution in [0.1, 0.15) is 15.9 Å². The number of carboxylic acid groups (broad SMARTS) is 1. The Kier molecular flexibility index (Phi) is 4.52. The van der Waals surface area contributed by atoms with Crippen LogP contribution in [0.4, 0.5) is 5.82 Å². The number of anilines is 1. The Labute approximate surface area is 124 Å². The Bertz CT molecular complexity index is 752. The van der Waals surface area contributed by atoms with Gasteiger partial charge in [-0.2, -0.15) is 4.98 Å². The minimum atomic E-state index is -1.09. The van der Waals surface area contributed by atoms with E-state index in [1.54, 1.807) is 12.1 Å². The summed E-state index contributed by atoms with van der Waals surface area (Å²) in [6.45, 7) is 0.0153. The molecule has 2 aliphatic rings. The van der Waals surface area contributed by atoms with Crippen molar-refractivity contribution in [2.24, 2.45) is 0 Å². The molecule has 0 unspecified atom stereocenters. The van der Waals surface area contributed by atoms with Crippen LogP contribution in [0.5, 0.6) is 0 Å². The summed E-state index contributed by atoms with van der Waals surface area (Å²) < 4.78 is 5.81. The molecule has 0 radical (unpaired) electrons. The normalized spacial score (nSPS) is 11.9. The Morgan fingerprint density at radius 1 is 1.27 bits per heavy atom. The molecule has 8 nitrogen and oxygen atoms in total. The number of nitrogens with two attached hydrogens (primary N) is 1. The number of aromatic nitrogens is 2. The van der Waals surface area contributed by atoms with Gasteiger partial charge in [-0.25, -0.2) is 9.59 Å². The molecule has 0 saturated carbocycles. The standard InChI is InChI=1S/C8H6O2.C6H7N3O3/c9-8-7-3-1-6(2-4-7)5-10-8;7-4-1-2-9(3-5(10)11)6(12)8-4/h1-4H,5H2;1-2H,3H2,(H,10,11)(H2,7,8,12). The van der Waals surface area contributed by atoms with Crippen LogP contribution in [0.15, 0.2) is 41.3 Å². The van der Waals surface area contributed by atoms with Crippen molar-refractivity contribution in [1.29, 1.82) is 0 Å². The number of esters is 1. The van der Waals surface area contributed by atoms with Crippen molar-refractivity contribution in [3.63, 3.8) is 0 Å². The maximum atomic E-state index is 10.9. The van der Waals surface area contributed by atoms with Crippen LogP contribution in [0.2, 0.25) is 0 Å². The maximum Gasteiger partial charge on any atom is 0.350 e. The molecular formula is C14H13N3O5. The van der Waals surface area contributed by atoms with E-state index in [4.69, 9.17) is 15.6 Å². The summed E-state index contributed by atoms with van der Waals surface area (Å²) in [4.78, 5) is 35.3. The molecule has 3 N–H and O–H groups in total. The summed E-state index contributed by atoms with van der Waals surface area (Å²) >= 11 is 0. The zero-order valence-corrected chi connectivity index (χ0v) is 11.4. The van der Waals surface area contributed by atoms with E-state index in [1.807, 2.05) is 12.1 Å². The van der Waals surface area contributed by atoms with Crippen molar-refractivity contribution in [1.82, 2.24) is 9.55 Å². The van der Waals surface area contributed by atoms with Gasteiger partial charge in [-0.15, -0.1) is 0 Å². The van der Waals surface area contributed by atoms with Gasteiger partial charge >= 0.3 is 17.6 Å². The molecule has 0 saturated heterocycles. The van der Waals surface area contributed by atoms with Gasteiger partial charge in [0, 0.05) is 6.20 Å². The number of carbonyl (C=O) groups excluding carboxylic acids is 1. The lowest BCUT2D eigenvalue weighted by atomic mass is 10.2. The molecule has 0 amide bonds. The van der Waals surface area contributed by atoms with Gasteiger partial charge in [0.25, 0.3) is 0 Å². The van der Waals surface area contributed by atoms with Crippen molar-refractivity contribution in [3.8, 4) is 0 Å². The van der Waals surface area contributed by atoms with Gasteiger partial charge in [-0.1, -0.05) is 12.1 Å². The van der Waals surface area contributed by atoms with E-state index in [-0.39, 0.29) is 11.8 Å². The Morgan fingerprint density at radius 3 is 2.55 bits per heavy atom. The fourth-order valence-electron chi connectivity index (χ4n) is 1.68. The molecule has 3 heterocycles. The van der Waals surface area contributed by atoms with Crippen molar-refractivity contribution < 1.29 is 19.4 Å². The van der Waals surface area contributed by atoms with Crippen LogP contribution in [0.25, 0.3) is 0 Å². The van der Waals surface area contributed by atoms with Crippen LogP contribution < -0.4 is 11.4 Å². The molecule has 0 aliphatic carbocycles. The van der Waals surface area contributed by atoms with Gasteiger partial charge in [0.2, 0.25) is 0 Å². The van der Waals surface area contributed by atoms with Gasteiger partial charge in [-0.3, -0.25) is 9.36 Å². The van der Waals surface area contributed by atoms with Crippen LogP contribution in [0, 0.1) is 0 Å². The monoisotopic (exact) mass is 303 g/mol. The highest BCUT2D eigenvalue weighted by atomic mass is 16.5. The molecule has 4 rings (SSSR count). The number of hydrogen-bond donors (Lipinski definition) is 2. The first-order chi connectivity index (χ1) is 10.5.